The molecule has 4 aliphatic rings. The zero-order valence-electron chi connectivity index (χ0n) is 38.4. The molecule has 4 amide bonds. The fourth-order valence-electron chi connectivity index (χ4n) is 8.77. The van der Waals surface area contributed by atoms with Crippen LogP contribution in [0, 0.1) is 35.8 Å². The van der Waals surface area contributed by atoms with Crippen molar-refractivity contribution < 1.29 is 45.5 Å². The number of nitrogens with zero attached hydrogens (tertiary/aromatic N) is 7. The van der Waals surface area contributed by atoms with Crippen LogP contribution in [0.5, 0.6) is 0 Å². The lowest BCUT2D eigenvalue weighted by atomic mass is 10.0. The van der Waals surface area contributed by atoms with Gasteiger partial charge >= 0.3 is 12.4 Å². The molecule has 4 aliphatic carbocycles. The summed E-state index contributed by atoms with van der Waals surface area (Å²) in [6, 6.07) is 13.3. The van der Waals surface area contributed by atoms with E-state index in [4.69, 9.17) is 29.8 Å². The van der Waals surface area contributed by atoms with Crippen LogP contribution >= 0.6 is 45.8 Å². The van der Waals surface area contributed by atoms with Crippen LogP contribution in [0.1, 0.15) is 116 Å². The first-order chi connectivity index (χ1) is 34.5. The molecule has 0 atom stereocenters. The molecular formula is C49H40Cl2F6IN11O4. The van der Waals surface area contributed by atoms with Gasteiger partial charge in [-0.1, -0.05) is 29.3 Å². The van der Waals surface area contributed by atoms with Gasteiger partial charge in [0.25, 0.3) is 23.6 Å². The minimum Gasteiger partial charge on any atom is -0.346 e. The molecule has 4 fully saturated rings. The van der Waals surface area contributed by atoms with Crippen LogP contribution in [0.25, 0.3) is 16.5 Å². The van der Waals surface area contributed by atoms with Crippen molar-refractivity contribution in [1.29, 1.82) is 0 Å². The van der Waals surface area contributed by atoms with E-state index in [1.807, 2.05) is 0 Å². The Kier molecular flexibility index (Phi) is 13.6. The first-order valence-corrected chi connectivity index (χ1v) is 24.5. The summed E-state index contributed by atoms with van der Waals surface area (Å²) in [5.41, 5.74) is -2.13. The lowest BCUT2D eigenvalue weighted by molar-refractivity contribution is -0.142. The molecule has 6 aromatic rings. The number of amides is 4. The minimum atomic E-state index is -4.83. The fourth-order valence-corrected chi connectivity index (χ4v) is 9.95. The van der Waals surface area contributed by atoms with E-state index < -0.39 is 52.8 Å². The van der Waals surface area contributed by atoms with Crippen LogP contribution in [-0.4, -0.2) is 64.2 Å². The number of carbonyl (C=O) groups is 4. The van der Waals surface area contributed by atoms with Crippen molar-refractivity contribution in [3.63, 3.8) is 0 Å². The molecule has 4 aromatic heterocycles. The Morgan fingerprint density at radius 3 is 1.44 bits per heavy atom. The van der Waals surface area contributed by atoms with Gasteiger partial charge in [0, 0.05) is 39.2 Å². The highest BCUT2D eigenvalue weighted by atomic mass is 127. The van der Waals surface area contributed by atoms with E-state index in [1.165, 1.54) is 48.8 Å². The summed E-state index contributed by atoms with van der Waals surface area (Å²) in [4.78, 5) is 64.7. The number of alkyl halides is 6. The molecular weight excluding hydrogens is 1120 g/mol. The van der Waals surface area contributed by atoms with Gasteiger partial charge in [0.05, 0.1) is 39.1 Å². The number of hydrogen-bond donors (Lipinski definition) is 4. The van der Waals surface area contributed by atoms with E-state index in [2.05, 4.69) is 68.9 Å². The van der Waals surface area contributed by atoms with Crippen molar-refractivity contribution in [2.75, 3.05) is 10.6 Å². The number of aryl methyl sites for hydroxylation is 2. The van der Waals surface area contributed by atoms with Crippen molar-refractivity contribution in [2.45, 2.75) is 88.6 Å². The predicted molar refractivity (Wildman–Crippen MR) is 264 cm³/mol. The number of hydrogen-bond acceptors (Lipinski definition) is 8. The van der Waals surface area contributed by atoms with Crippen molar-refractivity contribution in [3.8, 4) is 11.6 Å². The van der Waals surface area contributed by atoms with Crippen LogP contribution in [0.3, 0.4) is 0 Å². The second kappa shape index (κ2) is 19.4. The number of nitrogens with one attached hydrogen (secondary N) is 4. The molecule has 0 saturated heterocycles. The van der Waals surface area contributed by atoms with Gasteiger partial charge in [0.15, 0.2) is 28.7 Å². The number of carbonyl (C=O) groups excluding carboxylic acids is 4. The van der Waals surface area contributed by atoms with Gasteiger partial charge in [-0.15, -0.1) is 0 Å². The molecule has 0 bridgehead atoms. The topological polar surface area (TPSA) is 182 Å². The predicted octanol–water partition coefficient (Wildman–Crippen LogP) is 11.5. The van der Waals surface area contributed by atoms with Crippen LogP contribution in [0.2, 0.25) is 10.0 Å². The Balaban J connectivity index is 0.000000180. The van der Waals surface area contributed by atoms with Gasteiger partial charge in [0.2, 0.25) is 0 Å². The lowest BCUT2D eigenvalue weighted by Crippen LogP contribution is -2.39. The number of rotatable bonds is 12. The summed E-state index contributed by atoms with van der Waals surface area (Å²) in [6.45, 7) is 10.7. The van der Waals surface area contributed by atoms with E-state index >= 15 is 0 Å². The third-order valence-electron chi connectivity index (χ3n) is 13.1. The van der Waals surface area contributed by atoms with Gasteiger partial charge in [-0.3, -0.25) is 19.2 Å². The number of aromatic nitrogens is 6. The normalized spacial score (nSPS) is 16.3. The van der Waals surface area contributed by atoms with E-state index in [1.54, 1.807) is 26.0 Å². The summed E-state index contributed by atoms with van der Waals surface area (Å²) in [5, 5.41) is 18.5. The van der Waals surface area contributed by atoms with Crippen LogP contribution in [0.4, 0.5) is 43.4 Å². The minimum absolute atomic E-state index is 0.0131. The first-order valence-electron chi connectivity index (χ1n) is 22.7. The van der Waals surface area contributed by atoms with E-state index in [-0.39, 0.29) is 66.9 Å². The lowest BCUT2D eigenvalue weighted by Gasteiger charge is -2.20. The SMILES string of the molecule is Cc1cc(I)cc(C(=O)NC2(C3CC3)CC2)c1NC(=O)c1cc(C(F)(F)F)nn1-c1ncccc1Cl.[C-]#[N+]c1cc(C)c(NC(=O)c2cc(C(F)(F)F)nn2-c2ncccc2Cl)c(C(=O)NC2(C3CC3)CC2)c1. The highest BCUT2D eigenvalue weighted by Crippen LogP contribution is 2.55. The molecule has 15 nitrogen and oxygen atoms in total. The molecule has 0 unspecified atom stereocenters. The Morgan fingerprint density at radius 1 is 0.658 bits per heavy atom. The highest BCUT2D eigenvalue weighted by molar-refractivity contribution is 14.1. The molecule has 2 aromatic carbocycles. The zero-order chi connectivity index (χ0) is 52.4. The highest BCUT2D eigenvalue weighted by Gasteiger charge is 2.56. The molecule has 0 aliphatic heterocycles. The van der Waals surface area contributed by atoms with Gasteiger partial charge in [-0.05, 0) is 153 Å². The average molecular weight is 1160 g/mol. The maximum absolute atomic E-state index is 13.5. The summed E-state index contributed by atoms with van der Waals surface area (Å²) in [7, 11) is 0. The largest absolute Gasteiger partial charge is 0.435 e. The Hall–Kier alpha value is -6.58. The number of pyridine rings is 2. The van der Waals surface area contributed by atoms with E-state index in [0.29, 0.717) is 35.1 Å². The van der Waals surface area contributed by atoms with Gasteiger partial charge < -0.3 is 21.3 Å². The molecule has 0 spiro atoms. The molecule has 378 valence electrons. The number of anilines is 2. The average Bonchev–Trinajstić information content (AvgIpc) is 4.11. The smallest absolute Gasteiger partial charge is 0.346 e. The third kappa shape index (κ3) is 10.9. The first kappa shape index (κ1) is 51.3. The summed E-state index contributed by atoms with van der Waals surface area (Å²) in [6.07, 6.45) is 0.781. The standard InChI is InChI=1S/C25H20ClF3N6O2.C24H20ClF3IN5O2/c1-13-10-15(30-2)11-16(22(36)33-24(7-8-24)14-5-6-14)20(13)32-23(37)18-12-19(25(27,28)29)34-35(18)21-17(26)4-3-9-31-21;1-12-9-14(29)10-15(21(35)32-23(6-7-23)13-4-5-13)19(12)31-22(36)17-11-18(24(26,27)28)33-34(17)20-16(25)3-2-8-30-20/h3-4,9-12,14H,5-8H2,1H3,(H,32,37)(H,33,36);2-3,8-11,13H,4-7H2,1H3,(H,31,36)(H,32,35). The van der Waals surface area contributed by atoms with Crippen LogP contribution in [0.15, 0.2) is 73.1 Å². The Bertz CT molecular complexity index is 3280. The van der Waals surface area contributed by atoms with Crippen molar-refractivity contribution in [2.24, 2.45) is 11.8 Å². The summed E-state index contributed by atoms with van der Waals surface area (Å²) < 4.78 is 83.2. The monoisotopic (exact) mass is 1160 g/mol. The van der Waals surface area contributed by atoms with E-state index in [9.17, 15) is 45.5 Å². The van der Waals surface area contributed by atoms with E-state index in [0.717, 1.165) is 64.3 Å². The molecule has 0 radical (unpaired) electrons. The molecule has 24 heteroatoms. The van der Waals surface area contributed by atoms with Crippen molar-refractivity contribution >= 4 is 86.5 Å². The third-order valence-corrected chi connectivity index (χ3v) is 14.3. The number of benzene rings is 2. The Labute approximate surface area is 435 Å². The van der Waals surface area contributed by atoms with Crippen LogP contribution < -0.4 is 21.3 Å². The van der Waals surface area contributed by atoms with Crippen LogP contribution in [-0.2, 0) is 12.4 Å². The fraction of sp³-hybridized carbons (Fsp3) is 0.327. The quantitative estimate of drug-likeness (QED) is 0.0530. The second-order valence-electron chi connectivity index (χ2n) is 18.4. The van der Waals surface area contributed by atoms with Crippen molar-refractivity contribution in [1.82, 2.24) is 40.2 Å². The molecule has 73 heavy (non-hydrogen) atoms. The van der Waals surface area contributed by atoms with Crippen molar-refractivity contribution in [3.05, 3.63) is 143 Å². The second-order valence-corrected chi connectivity index (χ2v) is 20.4. The molecule has 4 saturated carbocycles. The van der Waals surface area contributed by atoms with Gasteiger partial charge in [-0.2, -0.15) is 36.5 Å². The molecule has 4 heterocycles. The molecule has 10 rings (SSSR count). The maximum Gasteiger partial charge on any atom is 0.435 e. The Morgan fingerprint density at radius 2 is 1.07 bits per heavy atom. The zero-order valence-corrected chi connectivity index (χ0v) is 42.1. The summed E-state index contributed by atoms with van der Waals surface area (Å²) >= 11 is 14.3. The summed E-state index contributed by atoms with van der Waals surface area (Å²) in [5.74, 6) is -2.03. The number of halogens is 9. The maximum atomic E-state index is 13.5. The van der Waals surface area contributed by atoms with Gasteiger partial charge in [-0.25, -0.2) is 24.2 Å². The van der Waals surface area contributed by atoms with Gasteiger partial charge in [0.1, 0.15) is 11.4 Å². The molecule has 4 N–H and O–H groups in total.